The second kappa shape index (κ2) is 5.26. The third-order valence-electron chi connectivity index (χ3n) is 2.48. The Morgan fingerprint density at radius 1 is 1.56 bits per heavy atom. The third-order valence-corrected chi connectivity index (χ3v) is 2.48. The summed E-state index contributed by atoms with van der Waals surface area (Å²) in [6.45, 7) is 0.494. The van der Waals surface area contributed by atoms with E-state index in [0.29, 0.717) is 24.3 Å². The highest BCUT2D eigenvalue weighted by Crippen LogP contribution is 2.02. The van der Waals surface area contributed by atoms with E-state index in [1.165, 1.54) is 12.3 Å². The topological polar surface area (TPSA) is 98.7 Å². The predicted molar refractivity (Wildman–Crippen MR) is 65.7 cm³/mol. The molecule has 0 aliphatic carbocycles. The van der Waals surface area contributed by atoms with Crippen molar-refractivity contribution in [3.63, 3.8) is 0 Å². The average molecular weight is 246 g/mol. The monoisotopic (exact) mass is 246 g/mol. The van der Waals surface area contributed by atoms with Gasteiger partial charge in [-0.3, -0.25) is 4.79 Å². The second-order valence-corrected chi connectivity index (χ2v) is 3.83. The van der Waals surface area contributed by atoms with E-state index in [-0.39, 0.29) is 5.91 Å². The Bertz CT molecular complexity index is 550. The van der Waals surface area contributed by atoms with Crippen molar-refractivity contribution in [1.29, 1.82) is 0 Å². The van der Waals surface area contributed by atoms with Gasteiger partial charge in [-0.05, 0) is 12.1 Å². The maximum atomic E-state index is 11.8. The zero-order valence-electron chi connectivity index (χ0n) is 10.00. The SMILES string of the molecule is Cn1cnnc1CCNC(=O)c1ccnc(N)c1. The van der Waals surface area contributed by atoms with Crippen LogP contribution in [0.15, 0.2) is 24.7 Å². The van der Waals surface area contributed by atoms with Gasteiger partial charge in [0.05, 0.1) is 0 Å². The number of nitrogen functional groups attached to an aromatic ring is 1. The van der Waals surface area contributed by atoms with Crippen molar-refractivity contribution in [1.82, 2.24) is 25.1 Å². The van der Waals surface area contributed by atoms with Crippen LogP contribution in [0.1, 0.15) is 16.2 Å². The fraction of sp³-hybridized carbons (Fsp3) is 0.273. The number of carbonyl (C=O) groups excluding carboxylic acids is 1. The van der Waals surface area contributed by atoms with Crippen LogP contribution in [0.5, 0.6) is 0 Å². The summed E-state index contributed by atoms with van der Waals surface area (Å²) in [5, 5.41) is 10.5. The Morgan fingerprint density at radius 2 is 2.39 bits per heavy atom. The Hall–Kier alpha value is -2.44. The minimum absolute atomic E-state index is 0.175. The standard InChI is InChI=1S/C11H14N6O/c1-17-7-15-16-10(17)3-5-14-11(18)8-2-4-13-9(12)6-8/h2,4,6-7H,3,5H2,1H3,(H2,12,13)(H,14,18). The van der Waals surface area contributed by atoms with Crippen molar-refractivity contribution in [2.24, 2.45) is 7.05 Å². The molecule has 0 aromatic carbocycles. The van der Waals surface area contributed by atoms with Crippen LogP contribution < -0.4 is 11.1 Å². The molecule has 2 aromatic heterocycles. The van der Waals surface area contributed by atoms with Crippen LogP contribution in [-0.4, -0.2) is 32.2 Å². The van der Waals surface area contributed by atoms with Gasteiger partial charge in [-0.2, -0.15) is 0 Å². The number of aryl methyl sites for hydroxylation is 1. The van der Waals surface area contributed by atoms with Gasteiger partial charge in [0.15, 0.2) is 0 Å². The molecule has 1 amide bonds. The Labute approximate surface area is 104 Å². The number of pyridine rings is 1. The van der Waals surface area contributed by atoms with Gasteiger partial charge in [0.25, 0.3) is 5.91 Å². The fourth-order valence-corrected chi connectivity index (χ4v) is 1.51. The van der Waals surface area contributed by atoms with E-state index in [1.807, 2.05) is 11.6 Å². The van der Waals surface area contributed by atoms with Crippen molar-refractivity contribution in [3.8, 4) is 0 Å². The first-order chi connectivity index (χ1) is 8.66. The van der Waals surface area contributed by atoms with Gasteiger partial charge < -0.3 is 15.6 Å². The highest BCUT2D eigenvalue weighted by molar-refractivity contribution is 5.94. The van der Waals surface area contributed by atoms with Gasteiger partial charge in [-0.25, -0.2) is 4.98 Å². The van der Waals surface area contributed by atoms with E-state index in [1.54, 1.807) is 12.4 Å². The minimum Gasteiger partial charge on any atom is -0.384 e. The largest absolute Gasteiger partial charge is 0.384 e. The molecule has 0 atom stereocenters. The molecular formula is C11H14N6O. The molecule has 7 nitrogen and oxygen atoms in total. The fourth-order valence-electron chi connectivity index (χ4n) is 1.51. The second-order valence-electron chi connectivity index (χ2n) is 3.83. The average Bonchev–Trinajstić information content (AvgIpc) is 2.75. The Morgan fingerprint density at radius 3 is 3.06 bits per heavy atom. The number of anilines is 1. The van der Waals surface area contributed by atoms with Crippen molar-refractivity contribution in [2.75, 3.05) is 12.3 Å². The van der Waals surface area contributed by atoms with E-state index < -0.39 is 0 Å². The van der Waals surface area contributed by atoms with Gasteiger partial charge in [0.2, 0.25) is 0 Å². The van der Waals surface area contributed by atoms with Gasteiger partial charge >= 0.3 is 0 Å². The predicted octanol–water partition coefficient (Wildman–Crippen LogP) is -0.235. The molecule has 0 unspecified atom stereocenters. The van der Waals surface area contributed by atoms with Crippen molar-refractivity contribution in [2.45, 2.75) is 6.42 Å². The zero-order chi connectivity index (χ0) is 13.0. The molecule has 0 radical (unpaired) electrons. The molecule has 0 bridgehead atoms. The molecule has 2 rings (SSSR count). The highest BCUT2D eigenvalue weighted by atomic mass is 16.1. The van der Waals surface area contributed by atoms with E-state index >= 15 is 0 Å². The quantitative estimate of drug-likeness (QED) is 0.776. The minimum atomic E-state index is -0.175. The van der Waals surface area contributed by atoms with Gasteiger partial charge in [-0.15, -0.1) is 10.2 Å². The van der Waals surface area contributed by atoms with Crippen LogP contribution in [-0.2, 0) is 13.5 Å². The van der Waals surface area contributed by atoms with E-state index in [0.717, 1.165) is 5.82 Å². The maximum Gasteiger partial charge on any atom is 0.251 e. The first-order valence-corrected chi connectivity index (χ1v) is 5.49. The number of amides is 1. The molecule has 0 saturated heterocycles. The van der Waals surface area contributed by atoms with Crippen molar-refractivity contribution in [3.05, 3.63) is 36.0 Å². The lowest BCUT2D eigenvalue weighted by Gasteiger charge is -2.05. The van der Waals surface area contributed by atoms with Gasteiger partial charge in [-0.1, -0.05) is 0 Å². The molecule has 0 aliphatic rings. The molecule has 0 saturated carbocycles. The van der Waals surface area contributed by atoms with Crippen LogP contribution in [0, 0.1) is 0 Å². The summed E-state index contributed by atoms with van der Waals surface area (Å²) in [7, 11) is 1.86. The van der Waals surface area contributed by atoms with Crippen LogP contribution in [0.4, 0.5) is 5.82 Å². The van der Waals surface area contributed by atoms with E-state index in [9.17, 15) is 4.79 Å². The number of rotatable bonds is 4. The third kappa shape index (κ3) is 2.82. The molecular weight excluding hydrogens is 232 g/mol. The lowest BCUT2D eigenvalue weighted by molar-refractivity contribution is 0.0954. The summed E-state index contributed by atoms with van der Waals surface area (Å²) < 4.78 is 1.82. The van der Waals surface area contributed by atoms with Crippen LogP contribution in [0.3, 0.4) is 0 Å². The summed E-state index contributed by atoms with van der Waals surface area (Å²) in [5.74, 6) is 0.978. The lowest BCUT2D eigenvalue weighted by Crippen LogP contribution is -2.26. The molecule has 0 fully saturated rings. The number of nitrogens with one attached hydrogen (secondary N) is 1. The number of hydrogen-bond donors (Lipinski definition) is 2. The number of carbonyl (C=O) groups is 1. The lowest BCUT2D eigenvalue weighted by atomic mass is 10.2. The van der Waals surface area contributed by atoms with E-state index in [4.69, 9.17) is 5.73 Å². The van der Waals surface area contributed by atoms with E-state index in [2.05, 4.69) is 20.5 Å². The first-order valence-electron chi connectivity index (χ1n) is 5.49. The molecule has 2 aromatic rings. The molecule has 94 valence electrons. The smallest absolute Gasteiger partial charge is 0.251 e. The van der Waals surface area contributed by atoms with Gasteiger partial charge in [0, 0.05) is 31.8 Å². The normalized spacial score (nSPS) is 10.3. The zero-order valence-corrected chi connectivity index (χ0v) is 10.00. The number of aromatic nitrogens is 4. The van der Waals surface area contributed by atoms with Crippen molar-refractivity contribution >= 4 is 11.7 Å². The number of hydrogen-bond acceptors (Lipinski definition) is 5. The summed E-state index contributed by atoms with van der Waals surface area (Å²) in [6.07, 6.45) is 3.76. The summed E-state index contributed by atoms with van der Waals surface area (Å²) >= 11 is 0. The van der Waals surface area contributed by atoms with Crippen molar-refractivity contribution < 1.29 is 4.79 Å². The van der Waals surface area contributed by atoms with Crippen LogP contribution in [0.2, 0.25) is 0 Å². The molecule has 7 heteroatoms. The van der Waals surface area contributed by atoms with Gasteiger partial charge in [0.1, 0.15) is 18.0 Å². The van der Waals surface area contributed by atoms with Crippen LogP contribution >= 0.6 is 0 Å². The first kappa shape index (κ1) is 12.0. The highest BCUT2D eigenvalue weighted by Gasteiger charge is 2.06. The summed E-state index contributed by atoms with van der Waals surface area (Å²) in [6, 6.07) is 3.16. The molecule has 0 aliphatic heterocycles. The number of nitrogens with two attached hydrogens (primary N) is 1. The summed E-state index contributed by atoms with van der Waals surface area (Å²) in [4.78, 5) is 15.6. The maximum absolute atomic E-state index is 11.8. The molecule has 2 heterocycles. The molecule has 0 spiro atoms. The molecule has 18 heavy (non-hydrogen) atoms. The Balaban J connectivity index is 1.87. The number of nitrogens with zero attached hydrogens (tertiary/aromatic N) is 4. The molecule has 3 N–H and O–H groups in total. The Kier molecular flexibility index (Phi) is 3.52. The van der Waals surface area contributed by atoms with Crippen LogP contribution in [0.25, 0.3) is 0 Å². The summed E-state index contributed by atoms with van der Waals surface area (Å²) in [5.41, 5.74) is 6.01.